The van der Waals surface area contributed by atoms with E-state index in [9.17, 15) is 0 Å². The van der Waals surface area contributed by atoms with Gasteiger partial charge in [0.15, 0.2) is 0 Å². The van der Waals surface area contributed by atoms with Crippen LogP contribution in [0.4, 0.5) is 0 Å². The summed E-state index contributed by atoms with van der Waals surface area (Å²) in [5, 5.41) is 2.12. The second-order valence-electron chi connectivity index (χ2n) is 1.47. The molecule has 40 valence electrons. The van der Waals surface area contributed by atoms with E-state index in [-0.39, 0.29) is 0 Å². The fourth-order valence-electron chi connectivity index (χ4n) is 0.610. The van der Waals surface area contributed by atoms with Gasteiger partial charge in [-0.15, -0.1) is 0 Å². The van der Waals surface area contributed by atoms with Crippen molar-refractivity contribution < 1.29 is 0 Å². The van der Waals surface area contributed by atoms with Crippen molar-refractivity contribution in [3.05, 3.63) is 17.6 Å². The Morgan fingerprint density at radius 3 is 3.50 bits per heavy atom. The van der Waals surface area contributed by atoms with E-state index >= 15 is 0 Å². The molecule has 0 N–H and O–H groups in total. The summed E-state index contributed by atoms with van der Waals surface area (Å²) in [6.07, 6.45) is 1.97. The first-order chi connectivity index (χ1) is 3.97. The summed E-state index contributed by atoms with van der Waals surface area (Å²) in [5.74, 6) is 0. The molecule has 2 aromatic rings. The van der Waals surface area contributed by atoms with Crippen molar-refractivity contribution in [2.75, 3.05) is 0 Å². The summed E-state index contributed by atoms with van der Waals surface area (Å²) < 4.78 is 6.97. The van der Waals surface area contributed by atoms with Crippen LogP contribution in [0.25, 0.3) is 8.96 Å². The van der Waals surface area contributed by atoms with Crippen molar-refractivity contribution >= 4 is 35.0 Å². The number of aromatic nitrogens is 1. The number of thiophene rings is 1. The Bertz CT molecular complexity index is 234. The minimum atomic E-state index is 0.412. The third-order valence-corrected chi connectivity index (χ3v) is 3.72. The maximum absolute atomic E-state index is 4.16. The third kappa shape index (κ3) is 0.558. The Morgan fingerprint density at radius 1 is 1.62 bits per heavy atom. The normalized spacial score (nSPS) is 10.5. The van der Waals surface area contributed by atoms with Gasteiger partial charge in [0.1, 0.15) is 0 Å². The molecule has 0 bridgehead atoms. The van der Waals surface area contributed by atoms with Gasteiger partial charge in [0.2, 0.25) is 0 Å². The summed E-state index contributed by atoms with van der Waals surface area (Å²) in [7, 11) is 0. The standard InChI is InChI=1S/C5H3NSSe/c1-2-7-4-3-6-8-5(1)4/h1-3H. The van der Waals surface area contributed by atoms with Crippen LogP contribution in [-0.2, 0) is 0 Å². The maximum atomic E-state index is 4.16. The van der Waals surface area contributed by atoms with Crippen LogP contribution in [0.15, 0.2) is 17.6 Å². The first-order valence-corrected chi connectivity index (χ1v) is 4.75. The molecule has 0 saturated carbocycles. The molecule has 3 heteroatoms. The Morgan fingerprint density at radius 2 is 2.62 bits per heavy atom. The predicted molar refractivity (Wildman–Crippen MR) is 36.6 cm³/mol. The van der Waals surface area contributed by atoms with Gasteiger partial charge >= 0.3 is 56.7 Å². The summed E-state index contributed by atoms with van der Waals surface area (Å²) >= 11 is 2.19. The molecule has 0 aliphatic rings. The fourth-order valence-corrected chi connectivity index (χ4v) is 3.24. The van der Waals surface area contributed by atoms with Gasteiger partial charge in [-0.3, -0.25) is 0 Å². The van der Waals surface area contributed by atoms with Gasteiger partial charge in [-0.05, 0) is 0 Å². The van der Waals surface area contributed by atoms with E-state index in [0.717, 1.165) is 0 Å². The molecule has 0 amide bonds. The molecule has 1 nitrogen and oxygen atoms in total. The molecule has 0 aliphatic heterocycles. The molecule has 2 heterocycles. The van der Waals surface area contributed by atoms with Crippen molar-refractivity contribution in [1.82, 2.24) is 3.98 Å². The molecule has 2 rings (SSSR count). The second-order valence-corrected chi connectivity index (χ2v) is 4.17. The van der Waals surface area contributed by atoms with Gasteiger partial charge in [0.25, 0.3) is 0 Å². The molecule has 2 aromatic heterocycles. The van der Waals surface area contributed by atoms with E-state index in [0.29, 0.717) is 14.7 Å². The Kier molecular flexibility index (Phi) is 1.00. The zero-order valence-electron chi connectivity index (χ0n) is 4.00. The van der Waals surface area contributed by atoms with E-state index in [1.165, 1.54) is 8.96 Å². The average Bonchev–Trinajstić information content (AvgIpc) is 2.15. The molecule has 0 saturated heterocycles. The van der Waals surface area contributed by atoms with Crippen molar-refractivity contribution in [2.45, 2.75) is 0 Å². The van der Waals surface area contributed by atoms with Crippen LogP contribution in [0, 0.1) is 0 Å². The van der Waals surface area contributed by atoms with Crippen LogP contribution in [0.3, 0.4) is 0 Å². The van der Waals surface area contributed by atoms with Gasteiger partial charge in [-0.25, -0.2) is 0 Å². The van der Waals surface area contributed by atoms with E-state index in [1.807, 2.05) is 6.20 Å². The Hall–Kier alpha value is -0.111. The van der Waals surface area contributed by atoms with Crippen molar-refractivity contribution in [3.8, 4) is 0 Å². The minimum absolute atomic E-state index is 0.412. The average molecular weight is 188 g/mol. The number of nitrogens with zero attached hydrogens (tertiary/aromatic N) is 1. The number of rotatable bonds is 0. The first-order valence-electron chi connectivity index (χ1n) is 2.25. The summed E-state index contributed by atoms with van der Waals surface area (Å²) in [5.41, 5.74) is 0. The quantitative estimate of drug-likeness (QED) is 0.569. The van der Waals surface area contributed by atoms with Gasteiger partial charge in [0, 0.05) is 0 Å². The van der Waals surface area contributed by atoms with Crippen LogP contribution < -0.4 is 0 Å². The van der Waals surface area contributed by atoms with E-state index in [4.69, 9.17) is 0 Å². The van der Waals surface area contributed by atoms with Crippen LogP contribution in [-0.4, -0.2) is 18.7 Å². The zero-order valence-corrected chi connectivity index (χ0v) is 6.53. The Labute approximate surface area is 57.0 Å². The molecule has 0 atom stereocenters. The second kappa shape index (κ2) is 1.69. The van der Waals surface area contributed by atoms with Crippen LogP contribution in [0.2, 0.25) is 0 Å². The van der Waals surface area contributed by atoms with Crippen LogP contribution in [0.5, 0.6) is 0 Å². The molecule has 0 spiro atoms. The first kappa shape index (κ1) is 4.74. The summed E-state index contributed by atoms with van der Waals surface area (Å²) in [6.45, 7) is 0. The zero-order chi connectivity index (χ0) is 5.40. The van der Waals surface area contributed by atoms with Gasteiger partial charge in [0.05, 0.1) is 0 Å². The van der Waals surface area contributed by atoms with Crippen LogP contribution in [0.1, 0.15) is 0 Å². The molecular formula is C5H3NSSe. The van der Waals surface area contributed by atoms with Crippen molar-refractivity contribution in [2.24, 2.45) is 0 Å². The molecule has 8 heavy (non-hydrogen) atoms. The third-order valence-electron chi connectivity index (χ3n) is 0.978. The molecule has 0 fully saturated rings. The molecule has 0 aliphatic carbocycles. The molecular weight excluding hydrogens is 185 g/mol. The van der Waals surface area contributed by atoms with Crippen LogP contribution >= 0.6 is 11.3 Å². The SMILES string of the molecule is c1cc2[se]ncc2s1. The van der Waals surface area contributed by atoms with Crippen molar-refractivity contribution in [3.63, 3.8) is 0 Å². The number of hydrogen-bond donors (Lipinski definition) is 0. The summed E-state index contributed by atoms with van der Waals surface area (Å²) in [4.78, 5) is 0. The van der Waals surface area contributed by atoms with Gasteiger partial charge < -0.3 is 0 Å². The van der Waals surface area contributed by atoms with E-state index < -0.39 is 0 Å². The monoisotopic (exact) mass is 189 g/mol. The predicted octanol–water partition coefficient (Wildman–Crippen LogP) is 1.35. The van der Waals surface area contributed by atoms with Crippen molar-refractivity contribution in [1.29, 1.82) is 0 Å². The number of hydrogen-bond acceptors (Lipinski definition) is 2. The van der Waals surface area contributed by atoms with E-state index in [1.54, 1.807) is 11.3 Å². The summed E-state index contributed by atoms with van der Waals surface area (Å²) in [6, 6.07) is 2.16. The topological polar surface area (TPSA) is 12.9 Å². The molecule has 0 aromatic carbocycles. The van der Waals surface area contributed by atoms with Gasteiger partial charge in [-0.2, -0.15) is 0 Å². The number of fused-ring (bicyclic) bond motifs is 1. The van der Waals surface area contributed by atoms with Gasteiger partial charge in [-0.1, -0.05) is 0 Å². The Balaban J connectivity index is 3.06. The molecule has 0 radical (unpaired) electrons. The molecule has 0 unspecified atom stereocenters. The fraction of sp³-hybridized carbons (Fsp3) is 0. The van der Waals surface area contributed by atoms with E-state index in [2.05, 4.69) is 15.4 Å².